The molecule has 0 radical (unpaired) electrons. The number of para-hydroxylation sites is 1. The lowest BCUT2D eigenvalue weighted by molar-refractivity contribution is -0.149. The van der Waals surface area contributed by atoms with Crippen molar-refractivity contribution in [2.24, 2.45) is 0 Å². The molecule has 1 heterocycles. The van der Waals surface area contributed by atoms with Crippen molar-refractivity contribution in [3.05, 3.63) is 65.5 Å². The van der Waals surface area contributed by atoms with Gasteiger partial charge in [0.05, 0.1) is 19.1 Å². The normalized spacial score (nSPS) is 12.4. The highest BCUT2D eigenvalue weighted by molar-refractivity contribution is 5.73. The van der Waals surface area contributed by atoms with Crippen LogP contribution in [0.25, 0.3) is 11.4 Å². The highest BCUT2D eigenvalue weighted by Gasteiger charge is 2.31. The van der Waals surface area contributed by atoms with Crippen LogP contribution < -0.4 is 4.74 Å². The first kappa shape index (κ1) is 20.4. The number of halogens is 3. The van der Waals surface area contributed by atoms with Gasteiger partial charge in [-0.05, 0) is 25.1 Å². The van der Waals surface area contributed by atoms with Gasteiger partial charge in [-0.1, -0.05) is 35.5 Å². The van der Waals surface area contributed by atoms with Gasteiger partial charge in [-0.25, -0.2) is 0 Å². The van der Waals surface area contributed by atoms with Gasteiger partial charge in [0.15, 0.2) is 6.10 Å². The summed E-state index contributed by atoms with van der Waals surface area (Å²) in [6, 6.07) is 11.6. The van der Waals surface area contributed by atoms with Crippen LogP contribution in [0.1, 0.15) is 30.0 Å². The van der Waals surface area contributed by atoms with Gasteiger partial charge in [0.2, 0.25) is 5.82 Å². The predicted molar refractivity (Wildman–Crippen MR) is 95.9 cm³/mol. The second kappa shape index (κ2) is 8.34. The summed E-state index contributed by atoms with van der Waals surface area (Å²) in [5.74, 6) is -0.0351. The third kappa shape index (κ3) is 4.92. The lowest BCUT2D eigenvalue weighted by Gasteiger charge is -2.11. The molecule has 0 bridgehead atoms. The van der Waals surface area contributed by atoms with E-state index in [9.17, 15) is 18.0 Å². The summed E-state index contributed by atoms with van der Waals surface area (Å²) >= 11 is 0. The van der Waals surface area contributed by atoms with Gasteiger partial charge in [0, 0.05) is 11.1 Å². The molecule has 1 unspecified atom stereocenters. The molecule has 0 amide bonds. The van der Waals surface area contributed by atoms with E-state index in [4.69, 9.17) is 14.0 Å². The average molecular weight is 406 g/mol. The summed E-state index contributed by atoms with van der Waals surface area (Å²) in [6.45, 7) is 1.53. The van der Waals surface area contributed by atoms with Crippen LogP contribution in [-0.4, -0.2) is 23.2 Å². The summed E-state index contributed by atoms with van der Waals surface area (Å²) in [4.78, 5) is 16.3. The number of carbonyl (C=O) groups is 1. The Morgan fingerprint density at radius 1 is 1.17 bits per heavy atom. The van der Waals surface area contributed by atoms with E-state index in [1.165, 1.54) is 26.2 Å². The number of aromatic nitrogens is 2. The first-order valence-electron chi connectivity index (χ1n) is 8.60. The molecule has 0 saturated carbocycles. The van der Waals surface area contributed by atoms with Gasteiger partial charge in [0.1, 0.15) is 5.75 Å². The van der Waals surface area contributed by atoms with Gasteiger partial charge in [-0.3, -0.25) is 4.79 Å². The van der Waals surface area contributed by atoms with Crippen LogP contribution in [0.3, 0.4) is 0 Å². The number of hydrogen-bond acceptors (Lipinski definition) is 6. The fourth-order valence-electron chi connectivity index (χ4n) is 2.65. The Labute approximate surface area is 164 Å². The number of carbonyl (C=O) groups excluding carboxylic acids is 1. The number of benzene rings is 2. The molecule has 3 aromatic rings. The number of esters is 1. The Balaban J connectivity index is 1.69. The van der Waals surface area contributed by atoms with Crippen molar-refractivity contribution >= 4 is 5.97 Å². The molecule has 29 heavy (non-hydrogen) atoms. The first-order valence-corrected chi connectivity index (χ1v) is 8.60. The summed E-state index contributed by atoms with van der Waals surface area (Å²) in [5, 5.41) is 3.68. The van der Waals surface area contributed by atoms with Gasteiger partial charge >= 0.3 is 12.1 Å². The Morgan fingerprint density at radius 2 is 1.93 bits per heavy atom. The van der Waals surface area contributed by atoms with Crippen molar-refractivity contribution in [1.29, 1.82) is 0 Å². The monoisotopic (exact) mass is 406 g/mol. The van der Waals surface area contributed by atoms with Crippen LogP contribution in [0.2, 0.25) is 0 Å². The minimum absolute atomic E-state index is 0.0224. The number of alkyl halides is 3. The maximum atomic E-state index is 12.9. The van der Waals surface area contributed by atoms with E-state index in [1.54, 1.807) is 24.3 Å². The third-order valence-electron chi connectivity index (χ3n) is 4.07. The van der Waals surface area contributed by atoms with Crippen LogP contribution in [0.15, 0.2) is 53.1 Å². The first-order chi connectivity index (χ1) is 13.8. The molecule has 2 aromatic carbocycles. The Morgan fingerprint density at radius 3 is 2.66 bits per heavy atom. The zero-order chi connectivity index (χ0) is 21.0. The maximum Gasteiger partial charge on any atom is 0.416 e. The molecule has 152 valence electrons. The number of nitrogens with zero attached hydrogens (tertiary/aromatic N) is 2. The maximum absolute atomic E-state index is 12.9. The Hall–Kier alpha value is -3.36. The van der Waals surface area contributed by atoms with Crippen LogP contribution in [0, 0.1) is 0 Å². The van der Waals surface area contributed by atoms with Crippen LogP contribution in [0.4, 0.5) is 13.2 Å². The lowest BCUT2D eigenvalue weighted by Crippen LogP contribution is -2.12. The van der Waals surface area contributed by atoms with E-state index in [2.05, 4.69) is 10.1 Å². The highest BCUT2D eigenvalue weighted by atomic mass is 19.4. The van der Waals surface area contributed by atoms with Gasteiger partial charge in [-0.2, -0.15) is 18.2 Å². The number of methoxy groups -OCH3 is 1. The summed E-state index contributed by atoms with van der Waals surface area (Å²) in [6.07, 6.45) is -5.38. The molecule has 1 atom stereocenters. The molecular weight excluding hydrogens is 389 g/mol. The van der Waals surface area contributed by atoms with E-state index in [0.29, 0.717) is 11.3 Å². The molecule has 0 N–H and O–H groups in total. The molecule has 0 aliphatic rings. The summed E-state index contributed by atoms with van der Waals surface area (Å²) < 4.78 is 54.1. The molecule has 0 aliphatic carbocycles. The van der Waals surface area contributed by atoms with Crippen LogP contribution >= 0.6 is 0 Å². The zero-order valence-corrected chi connectivity index (χ0v) is 15.6. The fourth-order valence-corrected chi connectivity index (χ4v) is 2.65. The van der Waals surface area contributed by atoms with Gasteiger partial charge in [0.25, 0.3) is 5.89 Å². The molecule has 0 saturated heterocycles. The van der Waals surface area contributed by atoms with Crippen molar-refractivity contribution in [3.63, 3.8) is 0 Å². The van der Waals surface area contributed by atoms with Crippen molar-refractivity contribution in [3.8, 4) is 17.1 Å². The SMILES string of the molecule is COc1ccccc1CC(=O)OC(C)c1nc(-c2cccc(C(F)(F)F)c2)no1. The van der Waals surface area contributed by atoms with E-state index in [0.717, 1.165) is 12.1 Å². The molecule has 9 heteroatoms. The average Bonchev–Trinajstić information content (AvgIpc) is 3.18. The second-order valence-electron chi connectivity index (χ2n) is 6.16. The lowest BCUT2D eigenvalue weighted by atomic mass is 10.1. The number of rotatable bonds is 6. The van der Waals surface area contributed by atoms with Crippen molar-refractivity contribution < 1.29 is 32.0 Å². The van der Waals surface area contributed by atoms with E-state index >= 15 is 0 Å². The smallest absolute Gasteiger partial charge is 0.416 e. The quantitative estimate of drug-likeness (QED) is 0.557. The van der Waals surface area contributed by atoms with E-state index < -0.39 is 23.8 Å². The van der Waals surface area contributed by atoms with Crippen molar-refractivity contribution in [1.82, 2.24) is 10.1 Å². The van der Waals surface area contributed by atoms with Crippen molar-refractivity contribution in [2.45, 2.75) is 25.6 Å². The number of hydrogen-bond donors (Lipinski definition) is 0. The minimum atomic E-state index is -4.48. The predicted octanol–water partition coefficient (Wildman–Crippen LogP) is 4.61. The molecule has 0 spiro atoms. The molecule has 3 rings (SSSR count). The van der Waals surface area contributed by atoms with E-state index in [1.807, 2.05) is 0 Å². The van der Waals surface area contributed by atoms with Crippen molar-refractivity contribution in [2.75, 3.05) is 7.11 Å². The third-order valence-corrected chi connectivity index (χ3v) is 4.07. The molecular formula is C20H17F3N2O4. The number of ether oxygens (including phenoxy) is 2. The Kier molecular flexibility index (Phi) is 5.86. The molecule has 6 nitrogen and oxygen atoms in total. The summed E-state index contributed by atoms with van der Waals surface area (Å²) in [7, 11) is 1.50. The van der Waals surface area contributed by atoms with Gasteiger partial charge in [-0.15, -0.1) is 0 Å². The van der Waals surface area contributed by atoms with Gasteiger partial charge < -0.3 is 14.0 Å². The standard InChI is InChI=1S/C20H17F3N2O4/c1-12(28-17(26)11-13-6-3-4-9-16(13)27-2)19-24-18(25-29-19)14-7-5-8-15(10-14)20(21,22)23/h3-10,12H,11H2,1-2H3. The van der Waals surface area contributed by atoms with Crippen LogP contribution in [0.5, 0.6) is 5.75 Å². The van der Waals surface area contributed by atoms with Crippen LogP contribution in [-0.2, 0) is 22.1 Å². The minimum Gasteiger partial charge on any atom is -0.496 e. The zero-order valence-electron chi connectivity index (χ0n) is 15.6. The molecule has 0 fully saturated rings. The molecule has 0 aliphatic heterocycles. The highest BCUT2D eigenvalue weighted by Crippen LogP contribution is 2.32. The molecule has 1 aromatic heterocycles. The Bertz CT molecular complexity index is 1000. The second-order valence-corrected chi connectivity index (χ2v) is 6.16. The topological polar surface area (TPSA) is 74.5 Å². The van der Waals surface area contributed by atoms with E-state index in [-0.39, 0.29) is 23.7 Å². The largest absolute Gasteiger partial charge is 0.496 e. The summed E-state index contributed by atoms with van der Waals surface area (Å²) in [5.41, 5.74) is -0.0256. The fraction of sp³-hybridized carbons (Fsp3) is 0.250.